The number of hydrogen-bond acceptors (Lipinski definition) is 5. The molecule has 0 bridgehead atoms. The highest BCUT2D eigenvalue weighted by molar-refractivity contribution is 5.91. The third-order valence-electron chi connectivity index (χ3n) is 4.42. The molecule has 0 saturated carbocycles. The molecule has 0 unspecified atom stereocenters. The van der Waals surface area contributed by atoms with Crippen molar-refractivity contribution in [3.05, 3.63) is 30.1 Å². The van der Waals surface area contributed by atoms with Gasteiger partial charge in [0.05, 0.1) is 19.3 Å². The molecule has 0 radical (unpaired) electrons. The van der Waals surface area contributed by atoms with Crippen LogP contribution in [0, 0.1) is 0 Å². The van der Waals surface area contributed by atoms with E-state index in [9.17, 15) is 9.59 Å². The Morgan fingerprint density at radius 3 is 2.60 bits per heavy atom. The van der Waals surface area contributed by atoms with E-state index in [1.807, 2.05) is 12.1 Å². The molecule has 140 valence electrons. The maximum absolute atomic E-state index is 13.0. The van der Waals surface area contributed by atoms with Gasteiger partial charge in [-0.25, -0.2) is 0 Å². The van der Waals surface area contributed by atoms with E-state index in [2.05, 4.69) is 4.98 Å². The second-order valence-electron chi connectivity index (χ2n) is 5.95. The molecule has 2 fully saturated rings. The number of nitrogens with zero attached hydrogens (tertiary/aromatic N) is 3. The average molecular weight is 391 g/mol. The first-order chi connectivity index (χ1) is 11.2. The Labute approximate surface area is 159 Å². The summed E-state index contributed by atoms with van der Waals surface area (Å²) in [4.78, 5) is 32.8. The lowest BCUT2D eigenvalue weighted by Gasteiger charge is -2.34. The first kappa shape index (κ1) is 21.6. The lowest BCUT2D eigenvalue weighted by Crippen LogP contribution is -2.54. The van der Waals surface area contributed by atoms with Gasteiger partial charge in [-0.3, -0.25) is 14.6 Å². The van der Waals surface area contributed by atoms with Crippen molar-refractivity contribution in [3.8, 4) is 0 Å². The van der Waals surface area contributed by atoms with Gasteiger partial charge < -0.3 is 20.3 Å². The number of morpholine rings is 1. The molecule has 0 spiro atoms. The lowest BCUT2D eigenvalue weighted by molar-refractivity contribution is -0.146. The second kappa shape index (κ2) is 9.91. The van der Waals surface area contributed by atoms with Gasteiger partial charge >= 0.3 is 0 Å². The minimum Gasteiger partial charge on any atom is -0.378 e. The molecule has 0 aromatic carbocycles. The number of amides is 2. The largest absolute Gasteiger partial charge is 0.378 e. The first-order valence-corrected chi connectivity index (χ1v) is 7.98. The number of hydrogen-bond donors (Lipinski definition) is 1. The molecule has 0 aliphatic carbocycles. The molecular weight excluding hydrogens is 367 g/mol. The SMILES string of the molecule is Cl.Cl.N[C@H]1CCN([C@@H](Cc2cccnc2)C(=O)N2CCOCC2)C1=O. The third kappa shape index (κ3) is 5.04. The van der Waals surface area contributed by atoms with Gasteiger partial charge in [0.15, 0.2) is 0 Å². The van der Waals surface area contributed by atoms with Crippen LogP contribution in [0.2, 0.25) is 0 Å². The summed E-state index contributed by atoms with van der Waals surface area (Å²) in [5, 5.41) is 0. The summed E-state index contributed by atoms with van der Waals surface area (Å²) >= 11 is 0. The molecule has 25 heavy (non-hydrogen) atoms. The standard InChI is InChI=1S/C16H22N4O3.2ClH/c17-13-3-5-20(15(13)21)14(10-12-2-1-4-18-11-12)16(22)19-6-8-23-9-7-19;;/h1-2,4,11,13-14H,3,5-10,17H2;2*1H/t13-,14-;;/m0../s1. The molecular formula is C16H24Cl2N4O3. The number of aromatic nitrogens is 1. The molecule has 2 aliphatic rings. The summed E-state index contributed by atoms with van der Waals surface area (Å²) in [5.41, 5.74) is 6.77. The number of rotatable bonds is 4. The Hall–Kier alpha value is -1.41. The fourth-order valence-electron chi connectivity index (χ4n) is 3.10. The van der Waals surface area contributed by atoms with E-state index in [0.717, 1.165) is 5.56 Å². The summed E-state index contributed by atoms with van der Waals surface area (Å²) in [5.74, 6) is -0.167. The average Bonchev–Trinajstić information content (AvgIpc) is 2.93. The second-order valence-corrected chi connectivity index (χ2v) is 5.95. The van der Waals surface area contributed by atoms with E-state index >= 15 is 0 Å². The number of nitrogens with two attached hydrogens (primary N) is 1. The highest BCUT2D eigenvalue weighted by atomic mass is 35.5. The minimum atomic E-state index is -0.515. The third-order valence-corrected chi connectivity index (χ3v) is 4.42. The topological polar surface area (TPSA) is 88.8 Å². The van der Waals surface area contributed by atoms with Gasteiger partial charge in [0.25, 0.3) is 0 Å². The fraction of sp³-hybridized carbons (Fsp3) is 0.562. The number of halogens is 2. The van der Waals surface area contributed by atoms with Crippen LogP contribution < -0.4 is 5.73 Å². The minimum absolute atomic E-state index is 0. The summed E-state index contributed by atoms with van der Waals surface area (Å²) in [7, 11) is 0. The molecule has 2 N–H and O–H groups in total. The molecule has 2 aliphatic heterocycles. The van der Waals surface area contributed by atoms with E-state index < -0.39 is 12.1 Å². The van der Waals surface area contributed by atoms with Crippen molar-refractivity contribution in [1.82, 2.24) is 14.8 Å². The van der Waals surface area contributed by atoms with Crippen LogP contribution >= 0.6 is 24.8 Å². The Kier molecular flexibility index (Phi) is 8.58. The van der Waals surface area contributed by atoms with Crippen molar-refractivity contribution in [3.63, 3.8) is 0 Å². The molecule has 3 rings (SSSR count). The molecule has 2 saturated heterocycles. The monoisotopic (exact) mass is 390 g/mol. The van der Waals surface area contributed by atoms with Crippen LogP contribution in [0.4, 0.5) is 0 Å². The van der Waals surface area contributed by atoms with Gasteiger partial charge in [0.1, 0.15) is 6.04 Å². The molecule has 1 aromatic heterocycles. The van der Waals surface area contributed by atoms with E-state index in [4.69, 9.17) is 10.5 Å². The number of carbonyl (C=O) groups is 2. The van der Waals surface area contributed by atoms with Gasteiger partial charge in [-0.1, -0.05) is 6.07 Å². The molecule has 7 nitrogen and oxygen atoms in total. The van der Waals surface area contributed by atoms with Gasteiger partial charge in [-0.2, -0.15) is 0 Å². The lowest BCUT2D eigenvalue weighted by atomic mass is 10.0. The maximum Gasteiger partial charge on any atom is 0.245 e. The molecule has 3 heterocycles. The van der Waals surface area contributed by atoms with Crippen LogP contribution in [0.5, 0.6) is 0 Å². The van der Waals surface area contributed by atoms with Gasteiger partial charge in [-0.15, -0.1) is 24.8 Å². The van der Waals surface area contributed by atoms with Crippen molar-refractivity contribution >= 4 is 36.6 Å². The summed E-state index contributed by atoms with van der Waals surface area (Å²) < 4.78 is 5.31. The number of pyridine rings is 1. The van der Waals surface area contributed by atoms with E-state index in [-0.39, 0.29) is 36.6 Å². The molecule has 1 aromatic rings. The highest BCUT2D eigenvalue weighted by Gasteiger charge is 2.39. The van der Waals surface area contributed by atoms with Crippen LogP contribution in [-0.4, -0.2) is 71.5 Å². The molecule has 2 atom stereocenters. The van der Waals surface area contributed by atoms with Crippen molar-refractivity contribution in [2.75, 3.05) is 32.8 Å². The van der Waals surface area contributed by atoms with Crippen molar-refractivity contribution < 1.29 is 14.3 Å². The van der Waals surface area contributed by atoms with Crippen LogP contribution in [0.25, 0.3) is 0 Å². The first-order valence-electron chi connectivity index (χ1n) is 7.98. The summed E-state index contributed by atoms with van der Waals surface area (Å²) in [6.07, 6.45) is 4.49. The van der Waals surface area contributed by atoms with E-state index in [1.165, 1.54) is 0 Å². The fourth-order valence-corrected chi connectivity index (χ4v) is 3.10. The number of likely N-dealkylation sites (tertiary alicyclic amines) is 1. The van der Waals surface area contributed by atoms with Crippen molar-refractivity contribution in [2.24, 2.45) is 5.73 Å². The van der Waals surface area contributed by atoms with E-state index in [0.29, 0.717) is 45.7 Å². The normalized spacial score (nSPS) is 21.3. The Morgan fingerprint density at radius 1 is 1.32 bits per heavy atom. The summed E-state index contributed by atoms with van der Waals surface area (Å²) in [6, 6.07) is 2.75. The number of carbonyl (C=O) groups excluding carboxylic acids is 2. The zero-order chi connectivity index (χ0) is 16.2. The van der Waals surface area contributed by atoms with Crippen molar-refractivity contribution in [2.45, 2.75) is 24.9 Å². The van der Waals surface area contributed by atoms with Crippen LogP contribution in [0.3, 0.4) is 0 Å². The zero-order valence-electron chi connectivity index (χ0n) is 13.9. The highest BCUT2D eigenvalue weighted by Crippen LogP contribution is 2.19. The van der Waals surface area contributed by atoms with Crippen molar-refractivity contribution in [1.29, 1.82) is 0 Å². The van der Waals surface area contributed by atoms with E-state index in [1.54, 1.807) is 22.2 Å². The molecule has 2 amide bonds. The summed E-state index contributed by atoms with van der Waals surface area (Å²) in [6.45, 7) is 2.74. The van der Waals surface area contributed by atoms with Crippen LogP contribution in [0.1, 0.15) is 12.0 Å². The van der Waals surface area contributed by atoms with Gasteiger partial charge in [0, 0.05) is 38.4 Å². The van der Waals surface area contributed by atoms with Gasteiger partial charge in [0.2, 0.25) is 11.8 Å². The Bertz CT molecular complexity index is 570. The van der Waals surface area contributed by atoms with Crippen LogP contribution in [0.15, 0.2) is 24.5 Å². The predicted octanol–water partition coefficient (Wildman–Crippen LogP) is 0.255. The molecule has 9 heteroatoms. The maximum atomic E-state index is 13.0. The Balaban J connectivity index is 0.00000156. The van der Waals surface area contributed by atoms with Gasteiger partial charge in [-0.05, 0) is 18.1 Å². The van der Waals surface area contributed by atoms with Crippen LogP contribution in [-0.2, 0) is 20.7 Å². The number of ether oxygens (including phenoxy) is 1. The predicted molar refractivity (Wildman–Crippen MR) is 97.9 cm³/mol. The quantitative estimate of drug-likeness (QED) is 0.795. The smallest absolute Gasteiger partial charge is 0.245 e. The zero-order valence-corrected chi connectivity index (χ0v) is 15.5. The Morgan fingerprint density at radius 2 is 2.04 bits per heavy atom.